The maximum atomic E-state index is 11.1. The molecular formula is C14H12ClNO3. The van der Waals surface area contributed by atoms with E-state index < -0.39 is 5.97 Å². The fourth-order valence-corrected chi connectivity index (χ4v) is 1.68. The van der Waals surface area contributed by atoms with Gasteiger partial charge in [0.05, 0.1) is 0 Å². The van der Waals surface area contributed by atoms with Crippen LogP contribution in [0.3, 0.4) is 0 Å². The average Bonchev–Trinajstić information content (AvgIpc) is 2.39. The second-order valence-corrected chi connectivity index (χ2v) is 4.46. The molecule has 98 valence electrons. The predicted molar refractivity (Wildman–Crippen MR) is 71.7 cm³/mol. The monoisotopic (exact) mass is 277 g/mol. The Labute approximate surface area is 115 Å². The molecule has 19 heavy (non-hydrogen) atoms. The summed E-state index contributed by atoms with van der Waals surface area (Å²) in [5, 5.41) is 9.71. The van der Waals surface area contributed by atoms with Crippen LogP contribution in [0.5, 0.6) is 5.75 Å². The van der Waals surface area contributed by atoms with Crippen LogP contribution < -0.4 is 4.74 Å². The highest BCUT2D eigenvalue weighted by Gasteiger charge is 2.13. The summed E-state index contributed by atoms with van der Waals surface area (Å²) >= 11 is 5.78. The lowest BCUT2D eigenvalue weighted by molar-refractivity contribution is 0.0684. The van der Waals surface area contributed by atoms with Gasteiger partial charge in [-0.15, -0.1) is 0 Å². The molecule has 5 heteroatoms. The van der Waals surface area contributed by atoms with Gasteiger partial charge >= 0.3 is 5.97 Å². The molecule has 0 fully saturated rings. The van der Waals surface area contributed by atoms with E-state index in [0.717, 1.165) is 5.56 Å². The summed E-state index contributed by atoms with van der Waals surface area (Å²) in [7, 11) is 0. The SMILES string of the molecule is Cc1ccc(OCc2ccc(Cl)cc2)c(C(=O)O)n1. The molecule has 1 aromatic heterocycles. The molecule has 0 aliphatic carbocycles. The summed E-state index contributed by atoms with van der Waals surface area (Å²) < 4.78 is 5.49. The van der Waals surface area contributed by atoms with Crippen LogP contribution in [0.1, 0.15) is 21.7 Å². The summed E-state index contributed by atoms with van der Waals surface area (Å²) in [6.07, 6.45) is 0. The first-order chi connectivity index (χ1) is 9.06. The number of hydrogen-bond donors (Lipinski definition) is 1. The molecule has 0 saturated carbocycles. The average molecular weight is 278 g/mol. The Morgan fingerprint density at radius 2 is 1.95 bits per heavy atom. The molecule has 4 nitrogen and oxygen atoms in total. The number of hydrogen-bond acceptors (Lipinski definition) is 3. The molecular weight excluding hydrogens is 266 g/mol. The van der Waals surface area contributed by atoms with Gasteiger partial charge in [0, 0.05) is 10.7 Å². The van der Waals surface area contributed by atoms with Gasteiger partial charge in [0.15, 0.2) is 11.4 Å². The molecule has 1 aromatic carbocycles. The lowest BCUT2D eigenvalue weighted by atomic mass is 10.2. The number of benzene rings is 1. The lowest BCUT2D eigenvalue weighted by Crippen LogP contribution is -2.06. The van der Waals surface area contributed by atoms with Gasteiger partial charge in [-0.1, -0.05) is 23.7 Å². The molecule has 2 aromatic rings. The van der Waals surface area contributed by atoms with Crippen LogP contribution in [-0.2, 0) is 6.61 Å². The Morgan fingerprint density at radius 3 is 2.58 bits per heavy atom. The number of ether oxygens (including phenoxy) is 1. The van der Waals surface area contributed by atoms with E-state index in [1.807, 2.05) is 12.1 Å². The van der Waals surface area contributed by atoms with Crippen LogP contribution in [0.4, 0.5) is 0 Å². The van der Waals surface area contributed by atoms with Gasteiger partial charge in [0.25, 0.3) is 0 Å². The van der Waals surface area contributed by atoms with Gasteiger partial charge < -0.3 is 9.84 Å². The summed E-state index contributed by atoms with van der Waals surface area (Å²) in [5.74, 6) is -0.845. The quantitative estimate of drug-likeness (QED) is 0.931. The normalized spacial score (nSPS) is 10.2. The van der Waals surface area contributed by atoms with Gasteiger partial charge in [-0.25, -0.2) is 9.78 Å². The fourth-order valence-electron chi connectivity index (χ4n) is 1.56. The van der Waals surface area contributed by atoms with Crippen LogP contribution in [0.2, 0.25) is 5.02 Å². The van der Waals surface area contributed by atoms with Gasteiger partial charge in [0.1, 0.15) is 6.61 Å². The number of nitrogens with zero attached hydrogens (tertiary/aromatic N) is 1. The molecule has 2 rings (SSSR count). The second kappa shape index (κ2) is 5.71. The number of rotatable bonds is 4. The standard InChI is InChI=1S/C14H12ClNO3/c1-9-2-7-12(13(16-9)14(17)18)19-8-10-3-5-11(15)6-4-10/h2-7H,8H2,1H3,(H,17,18). The van der Waals surface area contributed by atoms with Gasteiger partial charge in [-0.3, -0.25) is 0 Å². The van der Waals surface area contributed by atoms with Crippen molar-refractivity contribution in [2.45, 2.75) is 13.5 Å². The zero-order chi connectivity index (χ0) is 13.8. The van der Waals surface area contributed by atoms with E-state index in [0.29, 0.717) is 10.7 Å². The first-order valence-electron chi connectivity index (χ1n) is 5.64. The van der Waals surface area contributed by atoms with Gasteiger partial charge in [-0.2, -0.15) is 0 Å². The Morgan fingerprint density at radius 1 is 1.26 bits per heavy atom. The summed E-state index contributed by atoms with van der Waals surface area (Å²) in [6, 6.07) is 10.5. The van der Waals surface area contributed by atoms with Crippen molar-refractivity contribution in [1.29, 1.82) is 0 Å². The van der Waals surface area contributed by atoms with Crippen molar-refractivity contribution in [2.24, 2.45) is 0 Å². The number of carboxylic acid groups (broad SMARTS) is 1. The topological polar surface area (TPSA) is 59.4 Å². The molecule has 0 saturated heterocycles. The van der Waals surface area contributed by atoms with E-state index in [2.05, 4.69) is 4.98 Å². The van der Waals surface area contributed by atoms with Crippen LogP contribution in [0, 0.1) is 6.92 Å². The summed E-state index contributed by atoms with van der Waals surface area (Å²) in [6.45, 7) is 2.00. The molecule has 0 amide bonds. The first kappa shape index (κ1) is 13.4. The van der Waals surface area contributed by atoms with E-state index in [4.69, 9.17) is 21.4 Å². The largest absolute Gasteiger partial charge is 0.486 e. The van der Waals surface area contributed by atoms with E-state index in [1.165, 1.54) is 0 Å². The minimum atomic E-state index is -1.10. The molecule has 0 spiro atoms. The predicted octanol–water partition coefficient (Wildman–Crippen LogP) is 3.32. The van der Waals surface area contributed by atoms with Crippen molar-refractivity contribution in [3.05, 3.63) is 58.4 Å². The van der Waals surface area contributed by atoms with Crippen molar-refractivity contribution < 1.29 is 14.6 Å². The Kier molecular flexibility index (Phi) is 4.02. The van der Waals surface area contributed by atoms with Gasteiger partial charge in [-0.05, 0) is 36.8 Å². The van der Waals surface area contributed by atoms with Crippen molar-refractivity contribution in [3.8, 4) is 5.75 Å². The molecule has 1 heterocycles. The lowest BCUT2D eigenvalue weighted by Gasteiger charge is -2.09. The molecule has 1 N–H and O–H groups in total. The first-order valence-corrected chi connectivity index (χ1v) is 6.02. The van der Waals surface area contributed by atoms with E-state index in [-0.39, 0.29) is 18.1 Å². The fraction of sp³-hybridized carbons (Fsp3) is 0.143. The maximum Gasteiger partial charge on any atom is 0.358 e. The van der Waals surface area contributed by atoms with Crippen LogP contribution in [-0.4, -0.2) is 16.1 Å². The van der Waals surface area contributed by atoms with Gasteiger partial charge in [0.2, 0.25) is 0 Å². The third-order valence-electron chi connectivity index (χ3n) is 2.51. The third-order valence-corrected chi connectivity index (χ3v) is 2.76. The highest BCUT2D eigenvalue weighted by Crippen LogP contribution is 2.19. The number of aromatic carboxylic acids is 1. The van der Waals surface area contributed by atoms with Crippen molar-refractivity contribution >= 4 is 17.6 Å². The Hall–Kier alpha value is -2.07. The summed E-state index contributed by atoms with van der Waals surface area (Å²) in [5.41, 5.74) is 1.46. The van der Waals surface area contributed by atoms with Crippen LogP contribution >= 0.6 is 11.6 Å². The molecule has 0 aliphatic rings. The number of aromatic nitrogens is 1. The highest BCUT2D eigenvalue weighted by atomic mass is 35.5. The maximum absolute atomic E-state index is 11.1. The van der Waals surface area contributed by atoms with Crippen molar-refractivity contribution in [1.82, 2.24) is 4.98 Å². The number of halogens is 1. The van der Waals surface area contributed by atoms with E-state index >= 15 is 0 Å². The number of pyridine rings is 1. The Balaban J connectivity index is 2.15. The van der Waals surface area contributed by atoms with E-state index in [1.54, 1.807) is 31.2 Å². The second-order valence-electron chi connectivity index (χ2n) is 4.02. The van der Waals surface area contributed by atoms with Crippen molar-refractivity contribution in [3.63, 3.8) is 0 Å². The Bertz CT molecular complexity index is 596. The third kappa shape index (κ3) is 3.45. The molecule has 0 atom stereocenters. The van der Waals surface area contributed by atoms with Crippen LogP contribution in [0.25, 0.3) is 0 Å². The number of carboxylic acids is 1. The molecule has 0 bridgehead atoms. The minimum absolute atomic E-state index is 0.0750. The molecule has 0 unspecified atom stereocenters. The zero-order valence-corrected chi connectivity index (χ0v) is 11.0. The minimum Gasteiger partial charge on any atom is -0.486 e. The smallest absolute Gasteiger partial charge is 0.358 e. The zero-order valence-electron chi connectivity index (χ0n) is 10.3. The van der Waals surface area contributed by atoms with Crippen molar-refractivity contribution in [2.75, 3.05) is 0 Å². The molecule has 0 radical (unpaired) electrons. The number of carbonyl (C=O) groups is 1. The number of aryl methyl sites for hydroxylation is 1. The summed E-state index contributed by atoms with van der Waals surface area (Å²) in [4.78, 5) is 15.0. The van der Waals surface area contributed by atoms with E-state index in [9.17, 15) is 4.79 Å². The highest BCUT2D eigenvalue weighted by molar-refractivity contribution is 6.30. The molecule has 0 aliphatic heterocycles. The van der Waals surface area contributed by atoms with Crippen LogP contribution in [0.15, 0.2) is 36.4 Å².